The lowest BCUT2D eigenvalue weighted by atomic mass is 9.82. The highest BCUT2D eigenvalue weighted by Crippen LogP contribution is 2.66. The standard InChI is InChI=1S/C9H14F3N.ClH/c10-9(11,12)8-3-1-7(5-8,6-13)2-4-8;/h1-6,13H2;1H. The number of fused-ring (bicyclic) bond motifs is 2. The Balaban J connectivity index is 0.000000980. The van der Waals surface area contributed by atoms with E-state index in [2.05, 4.69) is 0 Å². The zero-order valence-corrected chi connectivity index (χ0v) is 8.68. The van der Waals surface area contributed by atoms with Crippen LogP contribution in [0.25, 0.3) is 0 Å². The maximum Gasteiger partial charge on any atom is 0.394 e. The van der Waals surface area contributed by atoms with Crippen molar-refractivity contribution in [2.75, 3.05) is 6.54 Å². The Hall–Kier alpha value is 0.0400. The van der Waals surface area contributed by atoms with Crippen LogP contribution in [0.5, 0.6) is 0 Å². The number of hydrogen-bond acceptors (Lipinski definition) is 1. The molecule has 0 amide bonds. The molecule has 2 bridgehead atoms. The molecule has 0 saturated heterocycles. The molecule has 1 nitrogen and oxygen atoms in total. The van der Waals surface area contributed by atoms with E-state index in [9.17, 15) is 13.2 Å². The zero-order chi connectivity index (χ0) is 9.74. The van der Waals surface area contributed by atoms with Crippen molar-refractivity contribution >= 4 is 12.4 Å². The second-order valence-electron chi connectivity index (χ2n) is 4.66. The van der Waals surface area contributed by atoms with Crippen LogP contribution in [-0.4, -0.2) is 12.7 Å². The molecular formula is C9H15ClF3N. The van der Waals surface area contributed by atoms with Crippen molar-refractivity contribution in [2.45, 2.75) is 38.3 Å². The van der Waals surface area contributed by atoms with Gasteiger partial charge in [-0.25, -0.2) is 0 Å². The number of hydrogen-bond donors (Lipinski definition) is 1. The van der Waals surface area contributed by atoms with E-state index in [-0.39, 0.29) is 24.2 Å². The monoisotopic (exact) mass is 229 g/mol. The predicted molar refractivity (Wildman–Crippen MR) is 50.3 cm³/mol. The molecule has 0 spiro atoms. The average molecular weight is 230 g/mol. The summed E-state index contributed by atoms with van der Waals surface area (Å²) in [5, 5.41) is 0. The first-order valence-electron chi connectivity index (χ1n) is 4.70. The zero-order valence-electron chi connectivity index (χ0n) is 7.86. The molecule has 0 aromatic carbocycles. The summed E-state index contributed by atoms with van der Waals surface area (Å²) in [7, 11) is 0. The molecule has 14 heavy (non-hydrogen) atoms. The molecule has 0 aromatic heterocycles. The van der Waals surface area contributed by atoms with Gasteiger partial charge in [-0.1, -0.05) is 0 Å². The summed E-state index contributed by atoms with van der Waals surface area (Å²) in [5.41, 5.74) is 4.00. The predicted octanol–water partition coefficient (Wildman–Crippen LogP) is 2.88. The van der Waals surface area contributed by atoms with Crippen LogP contribution in [0.15, 0.2) is 0 Å². The SMILES string of the molecule is Cl.NCC12CCC(C(F)(F)F)(CC1)C2. The summed E-state index contributed by atoms with van der Waals surface area (Å²) >= 11 is 0. The molecule has 2 aliphatic carbocycles. The molecule has 0 atom stereocenters. The molecule has 0 unspecified atom stereocenters. The third kappa shape index (κ3) is 1.43. The summed E-state index contributed by atoms with van der Waals surface area (Å²) in [6, 6.07) is 0. The highest BCUT2D eigenvalue weighted by Gasteiger charge is 2.65. The van der Waals surface area contributed by atoms with Gasteiger partial charge in [0.1, 0.15) is 0 Å². The molecule has 0 radical (unpaired) electrons. The van der Waals surface area contributed by atoms with E-state index < -0.39 is 11.6 Å². The largest absolute Gasteiger partial charge is 0.394 e. The third-order valence-corrected chi connectivity index (χ3v) is 4.02. The van der Waals surface area contributed by atoms with E-state index in [0.717, 1.165) is 0 Å². The Morgan fingerprint density at radius 3 is 1.79 bits per heavy atom. The van der Waals surface area contributed by atoms with Crippen molar-refractivity contribution in [3.8, 4) is 0 Å². The van der Waals surface area contributed by atoms with Gasteiger partial charge in [-0.05, 0) is 44.1 Å². The van der Waals surface area contributed by atoms with Gasteiger partial charge in [0.05, 0.1) is 5.41 Å². The lowest BCUT2D eigenvalue weighted by Gasteiger charge is -2.29. The molecule has 2 aliphatic rings. The van der Waals surface area contributed by atoms with Gasteiger partial charge in [-0.15, -0.1) is 12.4 Å². The van der Waals surface area contributed by atoms with Crippen LogP contribution in [-0.2, 0) is 0 Å². The molecular weight excluding hydrogens is 215 g/mol. The van der Waals surface area contributed by atoms with Crippen LogP contribution >= 0.6 is 12.4 Å². The maximum atomic E-state index is 12.7. The topological polar surface area (TPSA) is 26.0 Å². The fourth-order valence-electron chi connectivity index (χ4n) is 2.99. The Kier molecular flexibility index (Phi) is 2.83. The Labute approximate surface area is 87.6 Å². The van der Waals surface area contributed by atoms with Crippen LogP contribution in [0.3, 0.4) is 0 Å². The maximum absolute atomic E-state index is 12.7. The second kappa shape index (κ2) is 3.27. The lowest BCUT2D eigenvalue weighted by Crippen LogP contribution is -2.33. The molecule has 0 heterocycles. The van der Waals surface area contributed by atoms with Gasteiger partial charge >= 0.3 is 6.18 Å². The van der Waals surface area contributed by atoms with E-state index in [1.54, 1.807) is 0 Å². The minimum Gasteiger partial charge on any atom is -0.330 e. The highest BCUT2D eigenvalue weighted by molar-refractivity contribution is 5.85. The van der Waals surface area contributed by atoms with Gasteiger partial charge in [0.15, 0.2) is 0 Å². The first-order valence-corrected chi connectivity index (χ1v) is 4.70. The van der Waals surface area contributed by atoms with E-state index in [4.69, 9.17) is 5.73 Å². The summed E-state index contributed by atoms with van der Waals surface area (Å²) in [6.07, 6.45) is -1.80. The highest BCUT2D eigenvalue weighted by atomic mass is 35.5. The quantitative estimate of drug-likeness (QED) is 0.735. The van der Waals surface area contributed by atoms with E-state index in [1.807, 2.05) is 0 Å². The average Bonchev–Trinajstić information content (AvgIpc) is 2.60. The van der Waals surface area contributed by atoms with Gasteiger partial charge in [0.25, 0.3) is 0 Å². The van der Waals surface area contributed by atoms with Crippen molar-refractivity contribution in [3.63, 3.8) is 0 Å². The number of alkyl halides is 3. The van der Waals surface area contributed by atoms with Crippen LogP contribution in [0.2, 0.25) is 0 Å². The Morgan fingerprint density at radius 2 is 1.57 bits per heavy atom. The van der Waals surface area contributed by atoms with Crippen LogP contribution in [0, 0.1) is 10.8 Å². The first kappa shape index (κ1) is 12.1. The molecule has 2 fully saturated rings. The lowest BCUT2D eigenvalue weighted by molar-refractivity contribution is -0.220. The summed E-state index contributed by atoms with van der Waals surface area (Å²) in [4.78, 5) is 0. The molecule has 2 N–H and O–H groups in total. The van der Waals surface area contributed by atoms with Crippen molar-refractivity contribution in [1.82, 2.24) is 0 Å². The van der Waals surface area contributed by atoms with E-state index in [1.165, 1.54) is 0 Å². The Bertz CT molecular complexity index is 219. The van der Waals surface area contributed by atoms with Crippen molar-refractivity contribution in [1.29, 1.82) is 0 Å². The summed E-state index contributed by atoms with van der Waals surface area (Å²) in [5.74, 6) is 0. The smallest absolute Gasteiger partial charge is 0.330 e. The number of nitrogens with two attached hydrogens (primary N) is 1. The van der Waals surface area contributed by atoms with Gasteiger partial charge in [-0.3, -0.25) is 0 Å². The fraction of sp³-hybridized carbons (Fsp3) is 1.00. The van der Waals surface area contributed by atoms with Gasteiger partial charge in [0.2, 0.25) is 0 Å². The minimum atomic E-state index is -4.01. The normalized spacial score (nSPS) is 41.1. The Morgan fingerprint density at radius 1 is 1.07 bits per heavy atom. The van der Waals surface area contributed by atoms with Crippen LogP contribution in [0.1, 0.15) is 32.1 Å². The summed E-state index contributed by atoms with van der Waals surface area (Å²) < 4.78 is 38.1. The molecule has 0 aromatic rings. The van der Waals surface area contributed by atoms with Crippen molar-refractivity contribution < 1.29 is 13.2 Å². The molecule has 0 aliphatic heterocycles. The summed E-state index contributed by atoms with van der Waals surface area (Å²) in [6.45, 7) is 0.421. The first-order chi connectivity index (χ1) is 5.93. The number of rotatable bonds is 1. The molecule has 2 saturated carbocycles. The van der Waals surface area contributed by atoms with Crippen molar-refractivity contribution in [3.05, 3.63) is 0 Å². The molecule has 84 valence electrons. The number of halogens is 4. The second-order valence-corrected chi connectivity index (χ2v) is 4.66. The van der Waals surface area contributed by atoms with Crippen molar-refractivity contribution in [2.24, 2.45) is 16.6 Å². The van der Waals surface area contributed by atoms with Crippen LogP contribution < -0.4 is 5.73 Å². The minimum absolute atomic E-state index is 0. The fourth-order valence-corrected chi connectivity index (χ4v) is 2.99. The molecule has 5 heteroatoms. The van der Waals surface area contributed by atoms with Gasteiger partial charge < -0.3 is 5.73 Å². The molecule has 2 rings (SSSR count). The van der Waals surface area contributed by atoms with E-state index in [0.29, 0.717) is 32.2 Å². The van der Waals surface area contributed by atoms with Gasteiger partial charge in [0, 0.05) is 0 Å². The van der Waals surface area contributed by atoms with E-state index >= 15 is 0 Å². The third-order valence-electron chi connectivity index (χ3n) is 4.02. The van der Waals surface area contributed by atoms with Gasteiger partial charge in [-0.2, -0.15) is 13.2 Å². The van der Waals surface area contributed by atoms with Crippen LogP contribution in [0.4, 0.5) is 13.2 Å².